The van der Waals surface area contributed by atoms with Crippen molar-refractivity contribution in [1.82, 2.24) is 0 Å². The average molecular weight is 451 g/mol. The summed E-state index contributed by atoms with van der Waals surface area (Å²) in [6, 6.07) is 9.85. The summed E-state index contributed by atoms with van der Waals surface area (Å²) in [5, 5.41) is 0. The van der Waals surface area contributed by atoms with Crippen molar-refractivity contribution in [1.29, 1.82) is 0 Å². The Morgan fingerprint density at radius 2 is 1.64 bits per heavy atom. The predicted molar refractivity (Wildman–Crippen MR) is 127 cm³/mol. The van der Waals surface area contributed by atoms with Crippen LogP contribution in [-0.2, 0) is 4.74 Å². The second-order valence-corrected chi connectivity index (χ2v) is 9.15. The lowest BCUT2D eigenvalue weighted by molar-refractivity contribution is -0.00968. The van der Waals surface area contributed by atoms with Gasteiger partial charge in [0.15, 0.2) is 11.6 Å². The SMILES string of the molecule is C=CCOc1ccc(C#Cc2ccc(C3CCC4CC(OCC)CCC4C3)c(F)c2)cc1F. The van der Waals surface area contributed by atoms with Crippen LogP contribution in [0.2, 0.25) is 0 Å². The number of fused-ring (bicyclic) bond motifs is 1. The highest BCUT2D eigenvalue weighted by molar-refractivity contribution is 5.46. The van der Waals surface area contributed by atoms with E-state index in [2.05, 4.69) is 25.3 Å². The summed E-state index contributed by atoms with van der Waals surface area (Å²) in [6.07, 6.45) is 8.68. The molecule has 0 aliphatic heterocycles. The van der Waals surface area contributed by atoms with Gasteiger partial charge in [-0.05, 0) is 99.1 Å². The molecule has 0 bridgehead atoms. The molecule has 0 amide bonds. The van der Waals surface area contributed by atoms with Gasteiger partial charge in [0.05, 0.1) is 6.10 Å². The average Bonchev–Trinajstić information content (AvgIpc) is 2.82. The minimum Gasteiger partial charge on any atom is -0.486 e. The van der Waals surface area contributed by atoms with E-state index in [1.165, 1.54) is 18.6 Å². The zero-order valence-electron chi connectivity index (χ0n) is 19.3. The maximum atomic E-state index is 15.0. The lowest BCUT2D eigenvalue weighted by Gasteiger charge is -2.42. The largest absolute Gasteiger partial charge is 0.486 e. The van der Waals surface area contributed by atoms with Gasteiger partial charge in [-0.2, -0.15) is 0 Å². The Hall–Kier alpha value is -2.64. The van der Waals surface area contributed by atoms with Crippen LogP contribution in [0.25, 0.3) is 0 Å². The first-order chi connectivity index (χ1) is 16.1. The molecule has 2 nitrogen and oxygen atoms in total. The molecule has 0 heterocycles. The first-order valence-electron chi connectivity index (χ1n) is 12.0. The normalized spacial score (nSPS) is 24.3. The van der Waals surface area contributed by atoms with Crippen LogP contribution in [0.15, 0.2) is 49.1 Å². The molecule has 4 atom stereocenters. The molecular weight excluding hydrogens is 418 g/mol. The zero-order chi connectivity index (χ0) is 23.2. The maximum Gasteiger partial charge on any atom is 0.166 e. The third-order valence-corrected chi connectivity index (χ3v) is 7.05. The van der Waals surface area contributed by atoms with Crippen LogP contribution in [0, 0.1) is 35.3 Å². The molecule has 0 aromatic heterocycles. The molecule has 0 N–H and O–H groups in total. The standard InChI is InChI=1S/C29H32F2O2/c1-3-15-33-29-14-8-21(17-28(29)31)6-5-20-7-13-26(27(30)16-20)24-10-9-23-19-25(32-4-2)12-11-22(23)18-24/h3,7-8,13-14,16-17,22-25H,1,4,9-12,15,18-19H2,2H3. The van der Waals surface area contributed by atoms with Crippen LogP contribution >= 0.6 is 0 Å². The van der Waals surface area contributed by atoms with Gasteiger partial charge in [0.1, 0.15) is 12.4 Å². The van der Waals surface area contributed by atoms with E-state index in [0.29, 0.717) is 29.1 Å². The predicted octanol–water partition coefficient (Wildman–Crippen LogP) is 7.02. The van der Waals surface area contributed by atoms with Crippen molar-refractivity contribution in [2.45, 2.75) is 57.5 Å². The quantitative estimate of drug-likeness (QED) is 0.348. The van der Waals surface area contributed by atoms with Gasteiger partial charge in [-0.25, -0.2) is 8.78 Å². The Morgan fingerprint density at radius 3 is 2.33 bits per heavy atom. The molecule has 0 radical (unpaired) electrons. The fourth-order valence-corrected chi connectivity index (χ4v) is 5.44. The molecule has 0 saturated heterocycles. The van der Waals surface area contributed by atoms with Gasteiger partial charge < -0.3 is 9.47 Å². The van der Waals surface area contributed by atoms with Crippen molar-refractivity contribution in [2.24, 2.45) is 11.8 Å². The summed E-state index contributed by atoms with van der Waals surface area (Å²) in [5.74, 6) is 7.04. The van der Waals surface area contributed by atoms with E-state index in [0.717, 1.165) is 44.3 Å². The molecule has 4 heteroatoms. The molecular formula is C29H32F2O2. The van der Waals surface area contributed by atoms with Crippen molar-refractivity contribution in [3.63, 3.8) is 0 Å². The Balaban J connectivity index is 1.40. The summed E-state index contributed by atoms with van der Waals surface area (Å²) in [7, 11) is 0. The van der Waals surface area contributed by atoms with Crippen molar-refractivity contribution in [2.75, 3.05) is 13.2 Å². The third-order valence-electron chi connectivity index (χ3n) is 7.05. The second kappa shape index (κ2) is 11.0. The number of halogens is 2. The molecule has 2 aromatic carbocycles. The smallest absolute Gasteiger partial charge is 0.166 e. The number of ether oxygens (including phenoxy) is 2. The summed E-state index contributed by atoms with van der Waals surface area (Å²) in [6.45, 7) is 6.64. The lowest BCUT2D eigenvalue weighted by atomic mass is 9.65. The van der Waals surface area contributed by atoms with Crippen LogP contribution in [-0.4, -0.2) is 19.3 Å². The summed E-state index contributed by atoms with van der Waals surface area (Å²) < 4.78 is 40.2. The molecule has 0 spiro atoms. The molecule has 2 saturated carbocycles. The van der Waals surface area contributed by atoms with E-state index in [1.54, 1.807) is 18.2 Å². The van der Waals surface area contributed by atoms with Crippen molar-refractivity contribution in [3.05, 3.63) is 77.4 Å². The molecule has 2 aliphatic rings. The van der Waals surface area contributed by atoms with Gasteiger partial charge in [0.2, 0.25) is 0 Å². The van der Waals surface area contributed by atoms with Gasteiger partial charge in [0.25, 0.3) is 0 Å². The molecule has 33 heavy (non-hydrogen) atoms. The summed E-state index contributed by atoms with van der Waals surface area (Å²) >= 11 is 0. The minimum absolute atomic E-state index is 0.164. The second-order valence-electron chi connectivity index (χ2n) is 9.15. The van der Waals surface area contributed by atoms with Crippen LogP contribution in [0.1, 0.15) is 68.1 Å². The molecule has 2 aromatic rings. The van der Waals surface area contributed by atoms with Crippen molar-refractivity contribution in [3.8, 4) is 17.6 Å². The van der Waals surface area contributed by atoms with Gasteiger partial charge >= 0.3 is 0 Å². The third kappa shape index (κ3) is 5.84. The highest BCUT2D eigenvalue weighted by atomic mass is 19.1. The maximum absolute atomic E-state index is 15.0. The Kier molecular flexibility index (Phi) is 7.83. The Labute approximate surface area is 196 Å². The van der Waals surface area contributed by atoms with Crippen LogP contribution < -0.4 is 4.74 Å². The number of rotatable bonds is 6. The fraction of sp³-hybridized carbons (Fsp3) is 0.448. The highest BCUT2D eigenvalue weighted by Gasteiger charge is 2.36. The lowest BCUT2D eigenvalue weighted by Crippen LogP contribution is -2.33. The number of hydrogen-bond acceptors (Lipinski definition) is 2. The number of hydrogen-bond donors (Lipinski definition) is 0. The van der Waals surface area contributed by atoms with E-state index in [4.69, 9.17) is 9.47 Å². The monoisotopic (exact) mass is 450 g/mol. The molecule has 4 unspecified atom stereocenters. The van der Waals surface area contributed by atoms with E-state index in [-0.39, 0.29) is 24.1 Å². The molecule has 174 valence electrons. The van der Waals surface area contributed by atoms with E-state index in [9.17, 15) is 4.39 Å². The highest BCUT2D eigenvalue weighted by Crippen LogP contribution is 2.47. The van der Waals surface area contributed by atoms with Gasteiger partial charge in [-0.3, -0.25) is 0 Å². The van der Waals surface area contributed by atoms with Crippen LogP contribution in [0.3, 0.4) is 0 Å². The van der Waals surface area contributed by atoms with Crippen LogP contribution in [0.4, 0.5) is 8.78 Å². The van der Waals surface area contributed by atoms with Gasteiger partial charge in [-0.1, -0.05) is 30.6 Å². The van der Waals surface area contributed by atoms with E-state index < -0.39 is 5.82 Å². The summed E-state index contributed by atoms with van der Waals surface area (Å²) in [5.41, 5.74) is 1.92. The van der Waals surface area contributed by atoms with Gasteiger partial charge in [-0.15, -0.1) is 0 Å². The van der Waals surface area contributed by atoms with Crippen LogP contribution in [0.5, 0.6) is 5.75 Å². The first kappa shape index (κ1) is 23.5. The first-order valence-corrected chi connectivity index (χ1v) is 12.0. The Bertz CT molecular complexity index is 1040. The van der Waals surface area contributed by atoms with Crippen molar-refractivity contribution >= 4 is 0 Å². The van der Waals surface area contributed by atoms with Gasteiger partial charge in [0, 0.05) is 17.7 Å². The molecule has 2 aliphatic carbocycles. The topological polar surface area (TPSA) is 18.5 Å². The minimum atomic E-state index is -0.476. The summed E-state index contributed by atoms with van der Waals surface area (Å²) in [4.78, 5) is 0. The van der Waals surface area contributed by atoms with E-state index >= 15 is 4.39 Å². The molecule has 2 fully saturated rings. The van der Waals surface area contributed by atoms with E-state index in [1.807, 2.05) is 12.1 Å². The zero-order valence-corrected chi connectivity index (χ0v) is 19.3. The fourth-order valence-electron chi connectivity index (χ4n) is 5.44. The Morgan fingerprint density at radius 1 is 0.939 bits per heavy atom. The van der Waals surface area contributed by atoms with Crippen molar-refractivity contribution < 1.29 is 18.3 Å². The molecule has 4 rings (SSSR count). The number of benzene rings is 2.